The molecule has 0 bridgehead atoms. The Morgan fingerprint density at radius 1 is 1.29 bits per heavy atom. The van der Waals surface area contributed by atoms with Crippen LogP contribution in [-0.2, 0) is 6.04 Å². The molecule has 1 aliphatic rings. The van der Waals surface area contributed by atoms with Crippen LogP contribution in [0.5, 0.6) is 5.75 Å². The molecule has 0 saturated heterocycles. The molecule has 2 aromatic rings. The first-order chi connectivity index (χ1) is 8.12. The summed E-state index contributed by atoms with van der Waals surface area (Å²) in [5.74, 6) is 0.919. The van der Waals surface area contributed by atoms with Gasteiger partial charge in [-0.25, -0.2) is 0 Å². The molecular weight excluding hydrogens is 228 g/mol. The number of aromatic nitrogens is 2. The molecule has 0 unspecified atom stereocenters. The van der Waals surface area contributed by atoms with E-state index in [4.69, 9.17) is 4.74 Å². The maximum Gasteiger partial charge on any atom is 0.119 e. The van der Waals surface area contributed by atoms with Gasteiger partial charge in [0.2, 0.25) is 0 Å². The van der Waals surface area contributed by atoms with E-state index in [1.165, 1.54) is 22.0 Å². The molecule has 0 radical (unpaired) electrons. The zero-order valence-corrected chi connectivity index (χ0v) is 11.4. The highest BCUT2D eigenvalue weighted by atomic mass is 28.3. The zero-order chi connectivity index (χ0) is 12.0. The average molecular weight is 244 g/mol. The summed E-state index contributed by atoms with van der Waals surface area (Å²) < 4.78 is 5.32. The van der Waals surface area contributed by atoms with Crippen molar-refractivity contribution in [1.29, 1.82) is 0 Å². The smallest absolute Gasteiger partial charge is 0.119 e. The Kier molecular flexibility index (Phi) is 2.16. The number of nitrogens with one attached hydrogen (secondary N) is 1. The molecule has 0 amide bonds. The van der Waals surface area contributed by atoms with Gasteiger partial charge in [0, 0.05) is 11.3 Å². The molecule has 0 saturated carbocycles. The van der Waals surface area contributed by atoms with E-state index in [0.29, 0.717) is 0 Å². The van der Waals surface area contributed by atoms with Crippen molar-refractivity contribution in [3.8, 4) is 16.9 Å². The fourth-order valence-electron chi connectivity index (χ4n) is 2.68. The van der Waals surface area contributed by atoms with Crippen molar-refractivity contribution in [2.45, 2.75) is 19.1 Å². The van der Waals surface area contributed by atoms with E-state index in [1.807, 2.05) is 6.20 Å². The summed E-state index contributed by atoms with van der Waals surface area (Å²) in [6, 6.07) is 7.58. The first-order valence-corrected chi connectivity index (χ1v) is 9.04. The number of hydrogen-bond donors (Lipinski definition) is 1. The Balaban J connectivity index is 2.28. The van der Waals surface area contributed by atoms with Gasteiger partial charge in [-0.15, -0.1) is 0 Å². The molecule has 2 heterocycles. The quantitative estimate of drug-likeness (QED) is 0.780. The van der Waals surface area contributed by atoms with Crippen LogP contribution in [-0.4, -0.2) is 25.4 Å². The van der Waals surface area contributed by atoms with Gasteiger partial charge in [0.25, 0.3) is 0 Å². The SMILES string of the molecule is COc1ccc2c(c1)-c1cn[nH]c1C[Si]2(C)C. The second kappa shape index (κ2) is 3.47. The van der Waals surface area contributed by atoms with Gasteiger partial charge in [0.15, 0.2) is 0 Å². The van der Waals surface area contributed by atoms with E-state index in [2.05, 4.69) is 41.5 Å². The number of aromatic amines is 1. The van der Waals surface area contributed by atoms with Crippen molar-refractivity contribution < 1.29 is 4.74 Å². The maximum atomic E-state index is 5.32. The third kappa shape index (κ3) is 1.51. The zero-order valence-electron chi connectivity index (χ0n) is 10.4. The standard InChI is InChI=1S/C13H16N2OSi/c1-16-9-4-5-13-10(6-9)11-7-14-15-12(11)8-17(13,2)3/h4-7H,8H2,1-3H3,(H,14,15). The molecule has 1 aromatic heterocycles. The number of nitrogens with zero attached hydrogens (tertiary/aromatic N) is 1. The van der Waals surface area contributed by atoms with Crippen LogP contribution >= 0.6 is 0 Å². The van der Waals surface area contributed by atoms with Gasteiger partial charge in [0.1, 0.15) is 5.75 Å². The molecule has 0 spiro atoms. The minimum atomic E-state index is -1.39. The number of H-pyrrole nitrogens is 1. The number of methoxy groups -OCH3 is 1. The number of fused-ring (bicyclic) bond motifs is 3. The van der Waals surface area contributed by atoms with Gasteiger partial charge < -0.3 is 4.74 Å². The van der Waals surface area contributed by atoms with E-state index in [-0.39, 0.29) is 0 Å². The van der Waals surface area contributed by atoms with E-state index in [0.717, 1.165) is 11.8 Å². The van der Waals surface area contributed by atoms with Crippen molar-refractivity contribution >= 4 is 13.3 Å². The lowest BCUT2D eigenvalue weighted by Crippen LogP contribution is -2.47. The van der Waals surface area contributed by atoms with Gasteiger partial charge in [0.05, 0.1) is 21.4 Å². The Bertz CT molecular complexity index is 575. The van der Waals surface area contributed by atoms with Gasteiger partial charge in [-0.3, -0.25) is 5.10 Å². The highest BCUT2D eigenvalue weighted by Gasteiger charge is 2.33. The molecule has 1 N–H and O–H groups in total. The van der Waals surface area contributed by atoms with Crippen LogP contribution in [0.3, 0.4) is 0 Å². The second-order valence-electron chi connectivity index (χ2n) is 5.23. The molecule has 17 heavy (non-hydrogen) atoms. The second-order valence-corrected chi connectivity index (χ2v) is 9.89. The number of benzene rings is 1. The van der Waals surface area contributed by atoms with Crippen molar-refractivity contribution in [3.63, 3.8) is 0 Å². The van der Waals surface area contributed by atoms with Crippen molar-refractivity contribution in [1.82, 2.24) is 10.2 Å². The highest BCUT2D eigenvalue weighted by molar-refractivity contribution is 6.90. The molecule has 88 valence electrons. The summed E-state index contributed by atoms with van der Waals surface area (Å²) in [7, 11) is 0.323. The Labute approximate surface area is 102 Å². The third-order valence-electron chi connectivity index (χ3n) is 3.58. The van der Waals surface area contributed by atoms with Crippen LogP contribution in [0.2, 0.25) is 13.1 Å². The minimum absolute atomic E-state index is 0.919. The van der Waals surface area contributed by atoms with Crippen LogP contribution in [0.15, 0.2) is 24.4 Å². The van der Waals surface area contributed by atoms with Gasteiger partial charge in [-0.05, 0) is 23.7 Å². The van der Waals surface area contributed by atoms with E-state index in [9.17, 15) is 0 Å². The summed E-state index contributed by atoms with van der Waals surface area (Å²) in [6.07, 6.45) is 1.93. The predicted octanol–water partition coefficient (Wildman–Crippen LogP) is 2.10. The number of rotatable bonds is 1. The Hall–Kier alpha value is -1.55. The molecular formula is C13H16N2OSi. The molecule has 0 fully saturated rings. The topological polar surface area (TPSA) is 37.9 Å². The monoisotopic (exact) mass is 244 g/mol. The average Bonchev–Trinajstić information content (AvgIpc) is 2.75. The van der Waals surface area contributed by atoms with Crippen molar-refractivity contribution in [3.05, 3.63) is 30.1 Å². The molecule has 0 aliphatic carbocycles. The largest absolute Gasteiger partial charge is 0.497 e. The summed E-state index contributed by atoms with van der Waals surface area (Å²) in [6.45, 7) is 4.81. The molecule has 3 nitrogen and oxygen atoms in total. The lowest BCUT2D eigenvalue weighted by Gasteiger charge is -2.30. The normalized spacial score (nSPS) is 16.2. The third-order valence-corrected chi connectivity index (χ3v) is 6.71. The van der Waals surface area contributed by atoms with Gasteiger partial charge in [-0.1, -0.05) is 24.3 Å². The predicted molar refractivity (Wildman–Crippen MR) is 71.4 cm³/mol. The van der Waals surface area contributed by atoms with Gasteiger partial charge >= 0.3 is 0 Å². The first kappa shape index (κ1) is 10.6. The summed E-state index contributed by atoms with van der Waals surface area (Å²) in [5.41, 5.74) is 3.82. The van der Waals surface area contributed by atoms with Crippen molar-refractivity contribution in [2.75, 3.05) is 7.11 Å². The highest BCUT2D eigenvalue weighted by Crippen LogP contribution is 2.32. The van der Waals surface area contributed by atoms with Crippen molar-refractivity contribution in [2.24, 2.45) is 0 Å². The fourth-order valence-corrected chi connectivity index (χ4v) is 5.49. The van der Waals surface area contributed by atoms with E-state index >= 15 is 0 Å². The maximum absolute atomic E-state index is 5.32. The number of hydrogen-bond acceptors (Lipinski definition) is 2. The first-order valence-electron chi connectivity index (χ1n) is 5.83. The fraction of sp³-hybridized carbons (Fsp3) is 0.308. The van der Waals surface area contributed by atoms with Gasteiger partial charge in [-0.2, -0.15) is 5.10 Å². The van der Waals surface area contributed by atoms with Crippen LogP contribution < -0.4 is 9.92 Å². The van der Waals surface area contributed by atoms with Crippen LogP contribution in [0.25, 0.3) is 11.1 Å². The Morgan fingerprint density at radius 2 is 2.12 bits per heavy atom. The van der Waals surface area contributed by atoms with E-state index < -0.39 is 8.07 Å². The minimum Gasteiger partial charge on any atom is -0.497 e. The van der Waals surface area contributed by atoms with E-state index in [1.54, 1.807) is 7.11 Å². The van der Waals surface area contributed by atoms with Crippen LogP contribution in [0.4, 0.5) is 0 Å². The molecule has 4 heteroatoms. The molecule has 0 atom stereocenters. The summed E-state index contributed by atoms with van der Waals surface area (Å²) in [5, 5.41) is 8.82. The van der Waals surface area contributed by atoms with Crippen LogP contribution in [0.1, 0.15) is 5.69 Å². The number of ether oxygens (including phenoxy) is 1. The summed E-state index contributed by atoms with van der Waals surface area (Å²) >= 11 is 0. The lowest BCUT2D eigenvalue weighted by atomic mass is 10.1. The Morgan fingerprint density at radius 3 is 2.88 bits per heavy atom. The van der Waals surface area contributed by atoms with Crippen LogP contribution in [0, 0.1) is 0 Å². The molecule has 3 rings (SSSR count). The summed E-state index contributed by atoms with van der Waals surface area (Å²) in [4.78, 5) is 0. The molecule has 1 aromatic carbocycles. The molecule has 1 aliphatic heterocycles. The lowest BCUT2D eigenvalue weighted by molar-refractivity contribution is 0.415.